The zero-order valence-electron chi connectivity index (χ0n) is 22.9. The number of hydrogen-bond acceptors (Lipinski definition) is 5. The number of halogens is 2. The van der Waals surface area contributed by atoms with Gasteiger partial charge in [0.2, 0.25) is 0 Å². The van der Waals surface area contributed by atoms with Crippen LogP contribution >= 0.6 is 11.6 Å². The summed E-state index contributed by atoms with van der Waals surface area (Å²) in [6.07, 6.45) is 0. The summed E-state index contributed by atoms with van der Waals surface area (Å²) in [5.74, 6) is -1.15. The van der Waals surface area contributed by atoms with E-state index in [1.54, 1.807) is 37.3 Å². The van der Waals surface area contributed by atoms with E-state index in [-0.39, 0.29) is 22.7 Å². The lowest BCUT2D eigenvalue weighted by Crippen LogP contribution is -2.40. The summed E-state index contributed by atoms with van der Waals surface area (Å²) in [5, 5.41) is 3.10. The van der Waals surface area contributed by atoms with E-state index < -0.39 is 32.0 Å². The highest BCUT2D eigenvalue weighted by Gasteiger charge is 2.27. The Morgan fingerprint density at radius 3 is 2.14 bits per heavy atom. The van der Waals surface area contributed by atoms with E-state index in [9.17, 15) is 26.0 Å². The van der Waals surface area contributed by atoms with E-state index in [1.807, 2.05) is 0 Å². The van der Waals surface area contributed by atoms with Crippen molar-refractivity contribution in [3.05, 3.63) is 119 Å². The first-order valence-corrected chi connectivity index (χ1v) is 15.8. The number of carbonyl (C=O) groups is 1. The number of benzene rings is 4. The largest absolute Gasteiger partial charge is 0.322 e. The van der Waals surface area contributed by atoms with E-state index in [2.05, 4.69) is 10.0 Å². The fraction of sp³-hybridized carbons (Fsp3) is 0.138. The fourth-order valence-electron chi connectivity index (χ4n) is 3.90. The van der Waals surface area contributed by atoms with Crippen LogP contribution in [0.25, 0.3) is 0 Å². The third kappa shape index (κ3) is 7.08. The molecule has 4 aromatic rings. The molecule has 4 aromatic carbocycles. The molecule has 2 N–H and O–H groups in total. The summed E-state index contributed by atoms with van der Waals surface area (Å²) >= 11 is 5.99. The molecule has 0 fully saturated rings. The Morgan fingerprint density at radius 1 is 0.881 bits per heavy atom. The molecule has 0 aliphatic rings. The Kier molecular flexibility index (Phi) is 9.21. The predicted molar refractivity (Wildman–Crippen MR) is 163 cm³/mol. The van der Waals surface area contributed by atoms with Gasteiger partial charge in [-0.15, -0.1) is 0 Å². The number of nitrogens with zero attached hydrogens (tertiary/aromatic N) is 2. The Labute approximate surface area is 249 Å². The standard InChI is InChI=1S/C29H28ClFN4O5S2/c1-20-8-13-23(30)18-27(20)33-41(37,38)25-16-14-24(15-17-25)32-29(36)22-11-9-21(10-12-22)19-35(42(39,40)34(2)3)28-7-5-4-6-26(28)31/h4-18,33H,19H2,1-3H3,(H,32,36). The molecule has 0 atom stereocenters. The molecule has 4 rings (SSSR count). The summed E-state index contributed by atoms with van der Waals surface area (Å²) < 4.78 is 70.5. The number of para-hydroxylation sites is 1. The molecule has 42 heavy (non-hydrogen) atoms. The van der Waals surface area contributed by atoms with Crippen LogP contribution in [0.4, 0.5) is 21.5 Å². The number of aryl methyl sites for hydroxylation is 1. The molecule has 220 valence electrons. The van der Waals surface area contributed by atoms with Crippen LogP contribution in [0.5, 0.6) is 0 Å². The summed E-state index contributed by atoms with van der Waals surface area (Å²) in [6.45, 7) is 1.59. The molecule has 1 amide bonds. The number of carbonyl (C=O) groups excluding carboxylic acids is 1. The number of hydrogen-bond donors (Lipinski definition) is 2. The lowest BCUT2D eigenvalue weighted by atomic mass is 10.1. The van der Waals surface area contributed by atoms with Gasteiger partial charge >= 0.3 is 10.2 Å². The molecule has 0 saturated carbocycles. The minimum atomic E-state index is -4.02. The molecule has 0 aliphatic carbocycles. The number of rotatable bonds is 10. The van der Waals surface area contributed by atoms with Gasteiger partial charge < -0.3 is 5.32 Å². The second kappa shape index (κ2) is 12.5. The molecule has 0 aromatic heterocycles. The Balaban J connectivity index is 1.46. The molecule has 0 saturated heterocycles. The van der Waals surface area contributed by atoms with Gasteiger partial charge in [0, 0.05) is 30.4 Å². The minimum Gasteiger partial charge on any atom is -0.322 e. The van der Waals surface area contributed by atoms with Gasteiger partial charge in [-0.25, -0.2) is 12.8 Å². The van der Waals surface area contributed by atoms with E-state index in [0.717, 1.165) is 8.61 Å². The van der Waals surface area contributed by atoms with Crippen LogP contribution in [0, 0.1) is 12.7 Å². The van der Waals surface area contributed by atoms with Crippen LogP contribution in [0.1, 0.15) is 21.5 Å². The summed E-state index contributed by atoms with van der Waals surface area (Å²) in [7, 11) is -5.21. The zero-order valence-corrected chi connectivity index (χ0v) is 25.3. The quantitative estimate of drug-likeness (QED) is 0.235. The summed E-state index contributed by atoms with van der Waals surface area (Å²) in [5.41, 5.74) is 2.14. The lowest BCUT2D eigenvalue weighted by Gasteiger charge is -2.27. The van der Waals surface area contributed by atoms with Gasteiger partial charge in [-0.05, 0) is 78.7 Å². The molecule has 0 spiro atoms. The average Bonchev–Trinajstić information content (AvgIpc) is 2.94. The Bertz CT molecular complexity index is 1820. The van der Waals surface area contributed by atoms with Gasteiger partial charge in [-0.3, -0.25) is 13.8 Å². The molecule has 9 nitrogen and oxygen atoms in total. The smallest absolute Gasteiger partial charge is 0.303 e. The van der Waals surface area contributed by atoms with Gasteiger partial charge in [0.1, 0.15) is 5.82 Å². The van der Waals surface area contributed by atoms with Crippen LogP contribution in [-0.4, -0.2) is 41.1 Å². The van der Waals surface area contributed by atoms with Gasteiger partial charge in [-0.1, -0.05) is 41.9 Å². The average molecular weight is 631 g/mol. The SMILES string of the molecule is Cc1ccc(Cl)cc1NS(=O)(=O)c1ccc(NC(=O)c2ccc(CN(c3ccccc3F)S(=O)(=O)N(C)C)cc2)cc1. The van der Waals surface area contributed by atoms with Crippen molar-refractivity contribution in [3.63, 3.8) is 0 Å². The number of anilines is 3. The van der Waals surface area contributed by atoms with Crippen molar-refractivity contribution in [3.8, 4) is 0 Å². The van der Waals surface area contributed by atoms with Crippen molar-refractivity contribution in [1.29, 1.82) is 0 Å². The first kappa shape index (κ1) is 31.0. The van der Waals surface area contributed by atoms with Crippen molar-refractivity contribution in [2.24, 2.45) is 0 Å². The van der Waals surface area contributed by atoms with E-state index in [4.69, 9.17) is 11.6 Å². The Morgan fingerprint density at radius 2 is 1.52 bits per heavy atom. The molecular weight excluding hydrogens is 603 g/mol. The molecule has 0 heterocycles. The predicted octanol–water partition coefficient (Wildman–Crippen LogP) is 5.65. The third-order valence-corrected chi connectivity index (χ3v) is 9.69. The Hall–Kier alpha value is -3.97. The maximum absolute atomic E-state index is 14.5. The van der Waals surface area contributed by atoms with Crippen LogP contribution in [0.2, 0.25) is 5.02 Å². The van der Waals surface area contributed by atoms with Crippen LogP contribution in [0.3, 0.4) is 0 Å². The van der Waals surface area contributed by atoms with Crippen LogP contribution in [-0.2, 0) is 26.8 Å². The van der Waals surface area contributed by atoms with Gasteiger partial charge in [0.15, 0.2) is 0 Å². The molecule has 13 heteroatoms. The van der Waals surface area contributed by atoms with E-state index in [1.165, 1.54) is 74.8 Å². The number of amides is 1. The molecule has 0 unspecified atom stereocenters. The zero-order chi connectivity index (χ0) is 30.7. The van der Waals surface area contributed by atoms with Crippen molar-refractivity contribution >= 4 is 54.8 Å². The van der Waals surface area contributed by atoms with E-state index in [0.29, 0.717) is 27.5 Å². The fourth-order valence-corrected chi connectivity index (χ4v) is 6.29. The monoisotopic (exact) mass is 630 g/mol. The van der Waals surface area contributed by atoms with Crippen molar-refractivity contribution in [1.82, 2.24) is 4.31 Å². The topological polar surface area (TPSA) is 116 Å². The number of nitrogens with one attached hydrogen (secondary N) is 2. The molecule has 0 radical (unpaired) electrons. The first-order valence-electron chi connectivity index (χ1n) is 12.5. The van der Waals surface area contributed by atoms with Crippen molar-refractivity contribution in [2.45, 2.75) is 18.4 Å². The molecule has 0 aliphatic heterocycles. The first-order chi connectivity index (χ1) is 19.8. The van der Waals surface area contributed by atoms with Crippen LogP contribution < -0.4 is 14.3 Å². The normalized spacial score (nSPS) is 11.8. The maximum Gasteiger partial charge on any atom is 0.303 e. The van der Waals surface area contributed by atoms with Crippen molar-refractivity contribution < 1.29 is 26.0 Å². The summed E-state index contributed by atoms with van der Waals surface area (Å²) in [4.78, 5) is 12.8. The minimum absolute atomic E-state index is 0.00342. The van der Waals surface area contributed by atoms with E-state index >= 15 is 0 Å². The highest BCUT2D eigenvalue weighted by molar-refractivity contribution is 7.92. The van der Waals surface area contributed by atoms with Gasteiger partial charge in [-0.2, -0.15) is 12.7 Å². The van der Waals surface area contributed by atoms with Crippen molar-refractivity contribution in [2.75, 3.05) is 28.4 Å². The van der Waals surface area contributed by atoms with Gasteiger partial charge in [0.05, 0.1) is 22.8 Å². The summed E-state index contributed by atoms with van der Waals surface area (Å²) in [6, 6.07) is 22.3. The molecule has 0 bridgehead atoms. The second-order valence-corrected chi connectivity index (χ2v) is 13.7. The number of sulfonamides is 1. The van der Waals surface area contributed by atoms with Gasteiger partial charge in [0.25, 0.3) is 15.9 Å². The van der Waals surface area contributed by atoms with Crippen LogP contribution in [0.15, 0.2) is 95.9 Å². The highest BCUT2D eigenvalue weighted by Crippen LogP contribution is 2.26. The second-order valence-electron chi connectivity index (χ2n) is 9.49. The molecular formula is C29H28ClFN4O5S2. The highest BCUT2D eigenvalue weighted by atomic mass is 35.5. The third-order valence-electron chi connectivity index (χ3n) is 6.27. The maximum atomic E-state index is 14.5. The lowest BCUT2D eigenvalue weighted by molar-refractivity contribution is 0.102.